The SMILES string of the molecule is c1ccc(-c2cccc(N(c3ccc(-c4ccc5ccccc5c4)cc3)c3ccc4c(c3)oc3cccc(-c5nc6cc7ccccc7cc6o5)c34)c2)cc1. The molecule has 0 bridgehead atoms. The van der Waals surface area contributed by atoms with Crippen molar-refractivity contribution in [3.8, 4) is 33.7 Å². The number of oxazole rings is 1. The molecule has 2 heterocycles. The number of anilines is 3. The van der Waals surface area contributed by atoms with Gasteiger partial charge in [-0.05, 0) is 111 Å². The van der Waals surface area contributed by atoms with Gasteiger partial charge in [-0.3, -0.25) is 0 Å². The van der Waals surface area contributed by atoms with Crippen LogP contribution in [0.25, 0.3) is 88.3 Å². The highest BCUT2D eigenvalue weighted by Crippen LogP contribution is 2.43. The van der Waals surface area contributed by atoms with E-state index >= 15 is 0 Å². The summed E-state index contributed by atoms with van der Waals surface area (Å²) in [5, 5.41) is 6.72. The fourth-order valence-corrected chi connectivity index (χ4v) is 7.93. The summed E-state index contributed by atoms with van der Waals surface area (Å²) >= 11 is 0. The van der Waals surface area contributed by atoms with E-state index in [4.69, 9.17) is 13.8 Å². The Bertz CT molecular complexity index is 3160. The molecule has 11 aromatic rings. The minimum Gasteiger partial charge on any atom is -0.456 e. The summed E-state index contributed by atoms with van der Waals surface area (Å²) in [7, 11) is 0. The van der Waals surface area contributed by atoms with Gasteiger partial charge in [0.25, 0.3) is 0 Å². The first-order chi connectivity index (χ1) is 27.2. The molecule has 0 fully saturated rings. The molecule has 55 heavy (non-hydrogen) atoms. The minimum atomic E-state index is 0.577. The Morgan fingerprint density at radius 2 is 1.00 bits per heavy atom. The Morgan fingerprint density at radius 3 is 1.84 bits per heavy atom. The Hall–Kier alpha value is -7.43. The molecule has 0 aliphatic heterocycles. The lowest BCUT2D eigenvalue weighted by Gasteiger charge is -2.26. The van der Waals surface area contributed by atoms with E-state index in [2.05, 4.69) is 175 Å². The van der Waals surface area contributed by atoms with Crippen molar-refractivity contribution in [2.24, 2.45) is 0 Å². The van der Waals surface area contributed by atoms with E-state index in [1.54, 1.807) is 0 Å². The lowest BCUT2D eigenvalue weighted by atomic mass is 10.0. The predicted molar refractivity (Wildman–Crippen MR) is 227 cm³/mol. The molecule has 0 aliphatic rings. The first-order valence-corrected chi connectivity index (χ1v) is 18.5. The predicted octanol–water partition coefficient (Wildman–Crippen LogP) is 14.5. The lowest BCUT2D eigenvalue weighted by molar-refractivity contribution is 0.620. The second-order valence-electron chi connectivity index (χ2n) is 14.0. The molecule has 9 aromatic carbocycles. The van der Waals surface area contributed by atoms with Gasteiger partial charge < -0.3 is 13.7 Å². The van der Waals surface area contributed by atoms with Crippen molar-refractivity contribution in [3.05, 3.63) is 194 Å². The molecule has 0 saturated carbocycles. The third kappa shape index (κ3) is 5.43. The number of benzene rings is 9. The smallest absolute Gasteiger partial charge is 0.228 e. The summed E-state index contributed by atoms with van der Waals surface area (Å²) in [6.07, 6.45) is 0. The average molecular weight is 705 g/mol. The molecule has 0 amide bonds. The summed E-state index contributed by atoms with van der Waals surface area (Å²) in [6.45, 7) is 0. The third-order valence-corrected chi connectivity index (χ3v) is 10.6. The van der Waals surface area contributed by atoms with Crippen LogP contribution in [0.1, 0.15) is 0 Å². The van der Waals surface area contributed by atoms with Crippen molar-refractivity contribution in [3.63, 3.8) is 0 Å². The van der Waals surface area contributed by atoms with Crippen molar-refractivity contribution < 1.29 is 8.83 Å². The zero-order valence-electron chi connectivity index (χ0n) is 29.7. The molecule has 0 N–H and O–H groups in total. The van der Waals surface area contributed by atoms with Gasteiger partial charge in [0.05, 0.1) is 0 Å². The minimum absolute atomic E-state index is 0.577. The van der Waals surface area contributed by atoms with E-state index < -0.39 is 0 Å². The van der Waals surface area contributed by atoms with Crippen molar-refractivity contribution in [1.29, 1.82) is 0 Å². The van der Waals surface area contributed by atoms with E-state index in [9.17, 15) is 0 Å². The van der Waals surface area contributed by atoms with Crippen molar-refractivity contribution in [2.45, 2.75) is 0 Å². The zero-order valence-corrected chi connectivity index (χ0v) is 29.7. The third-order valence-electron chi connectivity index (χ3n) is 10.6. The molecular weight excluding hydrogens is 673 g/mol. The van der Waals surface area contributed by atoms with E-state index in [0.717, 1.165) is 72.0 Å². The molecule has 11 rings (SSSR count). The van der Waals surface area contributed by atoms with Gasteiger partial charge in [0.2, 0.25) is 5.89 Å². The fourth-order valence-electron chi connectivity index (χ4n) is 7.93. The first kappa shape index (κ1) is 31.1. The highest BCUT2D eigenvalue weighted by atomic mass is 16.3. The normalized spacial score (nSPS) is 11.6. The summed E-state index contributed by atoms with van der Waals surface area (Å²) in [5.41, 5.74) is 11.8. The van der Waals surface area contributed by atoms with Gasteiger partial charge in [-0.25, -0.2) is 4.98 Å². The number of furan rings is 1. The molecular formula is C51H32N2O2. The van der Waals surface area contributed by atoms with Crippen LogP contribution in [0.15, 0.2) is 203 Å². The zero-order chi connectivity index (χ0) is 36.3. The summed E-state index contributed by atoms with van der Waals surface area (Å²) in [4.78, 5) is 7.26. The van der Waals surface area contributed by atoms with Crippen LogP contribution < -0.4 is 4.90 Å². The molecule has 0 spiro atoms. The van der Waals surface area contributed by atoms with E-state index in [-0.39, 0.29) is 0 Å². The maximum Gasteiger partial charge on any atom is 0.228 e. The monoisotopic (exact) mass is 704 g/mol. The van der Waals surface area contributed by atoms with Gasteiger partial charge in [0.15, 0.2) is 5.58 Å². The van der Waals surface area contributed by atoms with Crippen LogP contribution >= 0.6 is 0 Å². The van der Waals surface area contributed by atoms with Gasteiger partial charge in [-0.1, -0.05) is 121 Å². The Labute approximate surface area is 317 Å². The first-order valence-electron chi connectivity index (χ1n) is 18.5. The van der Waals surface area contributed by atoms with Crippen molar-refractivity contribution >= 4 is 71.6 Å². The highest BCUT2D eigenvalue weighted by Gasteiger charge is 2.20. The molecule has 0 unspecified atom stereocenters. The van der Waals surface area contributed by atoms with Gasteiger partial charge in [0, 0.05) is 39.5 Å². The number of rotatable bonds is 6. The maximum atomic E-state index is 6.62. The lowest BCUT2D eigenvalue weighted by Crippen LogP contribution is -2.10. The molecule has 258 valence electrons. The number of nitrogens with zero attached hydrogens (tertiary/aromatic N) is 2. The molecule has 2 aromatic heterocycles. The number of hydrogen-bond donors (Lipinski definition) is 0. The number of hydrogen-bond acceptors (Lipinski definition) is 4. The van der Waals surface area contributed by atoms with Crippen LogP contribution in [0.3, 0.4) is 0 Å². The van der Waals surface area contributed by atoms with Gasteiger partial charge in [0.1, 0.15) is 16.7 Å². The largest absolute Gasteiger partial charge is 0.456 e. The quantitative estimate of drug-likeness (QED) is 0.173. The van der Waals surface area contributed by atoms with Crippen LogP contribution in [0.4, 0.5) is 17.1 Å². The van der Waals surface area contributed by atoms with E-state index in [1.807, 2.05) is 24.3 Å². The molecule has 0 atom stereocenters. The van der Waals surface area contributed by atoms with E-state index in [0.29, 0.717) is 5.89 Å². The summed E-state index contributed by atoms with van der Waals surface area (Å²) in [6, 6.07) is 68.2. The number of aromatic nitrogens is 1. The van der Waals surface area contributed by atoms with Crippen LogP contribution in [0, 0.1) is 0 Å². The maximum absolute atomic E-state index is 6.62. The Kier molecular flexibility index (Phi) is 7.14. The van der Waals surface area contributed by atoms with Gasteiger partial charge in [-0.2, -0.15) is 0 Å². The van der Waals surface area contributed by atoms with Gasteiger partial charge >= 0.3 is 0 Å². The van der Waals surface area contributed by atoms with Crippen LogP contribution in [-0.2, 0) is 0 Å². The summed E-state index contributed by atoms with van der Waals surface area (Å²) in [5.74, 6) is 0.577. The van der Waals surface area contributed by atoms with E-state index in [1.165, 1.54) is 27.5 Å². The second-order valence-corrected chi connectivity index (χ2v) is 14.0. The highest BCUT2D eigenvalue weighted by molar-refractivity contribution is 6.13. The average Bonchev–Trinajstić information content (AvgIpc) is 3.84. The molecule has 4 heteroatoms. The molecule has 0 saturated heterocycles. The second kappa shape index (κ2) is 12.6. The van der Waals surface area contributed by atoms with Crippen molar-refractivity contribution in [2.75, 3.05) is 4.90 Å². The topological polar surface area (TPSA) is 42.4 Å². The summed E-state index contributed by atoms with van der Waals surface area (Å²) < 4.78 is 13.0. The standard InChI is InChI=1S/C51H32N2O2/c1-2-10-33(11-3-1)37-16-8-17-42(29-37)53(41-24-22-35(23-25-41)40-21-20-34-12-4-5-13-36(34)28-40)43-26-27-44-48(32-43)54-47-19-9-18-45(50(44)47)51-52-46-30-38-14-6-7-15-39(38)31-49(46)55-51/h1-32H. The molecule has 0 radical (unpaired) electrons. The Balaban J connectivity index is 1.03. The molecule has 4 nitrogen and oxygen atoms in total. The fraction of sp³-hybridized carbons (Fsp3) is 0. The number of fused-ring (bicyclic) bond motifs is 6. The van der Waals surface area contributed by atoms with Crippen molar-refractivity contribution in [1.82, 2.24) is 4.98 Å². The van der Waals surface area contributed by atoms with Crippen LogP contribution in [-0.4, -0.2) is 4.98 Å². The Morgan fingerprint density at radius 1 is 0.364 bits per heavy atom. The van der Waals surface area contributed by atoms with Gasteiger partial charge in [-0.15, -0.1) is 0 Å². The van der Waals surface area contributed by atoms with Crippen LogP contribution in [0.2, 0.25) is 0 Å². The molecule has 0 aliphatic carbocycles. The van der Waals surface area contributed by atoms with Crippen LogP contribution in [0.5, 0.6) is 0 Å².